The standard InChI is InChI=1S/C14H28N2O.ClH/c1-10-9-15-7-6-12(10)16-13(17)8-11(2)14(3,4)5;/h10-12,15H,6-9H2,1-5H3,(H,16,17);1H. The molecule has 108 valence electrons. The first kappa shape index (κ1) is 17.7. The van der Waals surface area contributed by atoms with Crippen LogP contribution in [0, 0.1) is 17.3 Å². The van der Waals surface area contributed by atoms with Crippen LogP contribution in [-0.2, 0) is 4.79 Å². The van der Waals surface area contributed by atoms with Gasteiger partial charge >= 0.3 is 0 Å². The molecule has 3 nitrogen and oxygen atoms in total. The van der Waals surface area contributed by atoms with Crippen molar-refractivity contribution in [3.8, 4) is 0 Å². The van der Waals surface area contributed by atoms with Gasteiger partial charge in [-0.05, 0) is 36.8 Å². The number of nitrogens with one attached hydrogen (secondary N) is 2. The van der Waals surface area contributed by atoms with Crippen molar-refractivity contribution in [2.24, 2.45) is 17.3 Å². The zero-order valence-corrected chi connectivity index (χ0v) is 13.2. The molecule has 1 aliphatic rings. The van der Waals surface area contributed by atoms with E-state index in [1.54, 1.807) is 0 Å². The van der Waals surface area contributed by atoms with Crippen molar-refractivity contribution < 1.29 is 4.79 Å². The second-order valence-corrected chi connectivity index (χ2v) is 6.62. The van der Waals surface area contributed by atoms with E-state index in [0.717, 1.165) is 19.5 Å². The van der Waals surface area contributed by atoms with Crippen LogP contribution in [0.4, 0.5) is 0 Å². The van der Waals surface area contributed by atoms with Crippen LogP contribution in [0.5, 0.6) is 0 Å². The molecular formula is C14H29ClN2O. The number of hydrogen-bond acceptors (Lipinski definition) is 2. The van der Waals surface area contributed by atoms with E-state index in [4.69, 9.17) is 0 Å². The first-order valence-corrected chi connectivity index (χ1v) is 6.80. The summed E-state index contributed by atoms with van der Waals surface area (Å²) in [5.41, 5.74) is 0.205. The number of rotatable bonds is 3. The van der Waals surface area contributed by atoms with Crippen molar-refractivity contribution in [2.45, 2.75) is 53.5 Å². The average molecular weight is 277 g/mol. The van der Waals surface area contributed by atoms with E-state index < -0.39 is 0 Å². The fourth-order valence-corrected chi connectivity index (χ4v) is 2.08. The van der Waals surface area contributed by atoms with E-state index in [9.17, 15) is 4.79 Å². The molecule has 3 atom stereocenters. The summed E-state index contributed by atoms with van der Waals surface area (Å²) in [7, 11) is 0. The van der Waals surface area contributed by atoms with Crippen LogP contribution >= 0.6 is 12.4 Å². The number of halogens is 1. The SMILES string of the molecule is CC1CNCCC1NC(=O)CC(C)C(C)(C)C.Cl. The minimum absolute atomic E-state index is 0. The van der Waals surface area contributed by atoms with Crippen LogP contribution in [0.3, 0.4) is 0 Å². The quantitative estimate of drug-likeness (QED) is 0.832. The van der Waals surface area contributed by atoms with Gasteiger partial charge in [0.15, 0.2) is 0 Å². The highest BCUT2D eigenvalue weighted by Crippen LogP contribution is 2.28. The Bertz CT molecular complexity index is 263. The summed E-state index contributed by atoms with van der Waals surface area (Å²) in [4.78, 5) is 12.0. The van der Waals surface area contributed by atoms with Gasteiger partial charge in [0.2, 0.25) is 5.91 Å². The summed E-state index contributed by atoms with van der Waals surface area (Å²) < 4.78 is 0. The van der Waals surface area contributed by atoms with Gasteiger partial charge in [-0.1, -0.05) is 34.6 Å². The monoisotopic (exact) mass is 276 g/mol. The fraction of sp³-hybridized carbons (Fsp3) is 0.929. The van der Waals surface area contributed by atoms with E-state index >= 15 is 0 Å². The average Bonchev–Trinajstić information content (AvgIpc) is 2.20. The molecule has 2 N–H and O–H groups in total. The molecule has 0 radical (unpaired) electrons. The van der Waals surface area contributed by atoms with Gasteiger partial charge in [-0.15, -0.1) is 12.4 Å². The summed E-state index contributed by atoms with van der Waals surface area (Å²) >= 11 is 0. The van der Waals surface area contributed by atoms with Crippen LogP contribution in [0.25, 0.3) is 0 Å². The second-order valence-electron chi connectivity index (χ2n) is 6.62. The van der Waals surface area contributed by atoms with Crippen LogP contribution in [0.1, 0.15) is 47.5 Å². The molecule has 1 heterocycles. The lowest BCUT2D eigenvalue weighted by molar-refractivity contribution is -0.123. The number of amides is 1. The molecule has 3 unspecified atom stereocenters. The van der Waals surface area contributed by atoms with Gasteiger partial charge in [0.1, 0.15) is 0 Å². The zero-order chi connectivity index (χ0) is 13.1. The predicted molar refractivity (Wildman–Crippen MR) is 79.1 cm³/mol. The van der Waals surface area contributed by atoms with Crippen molar-refractivity contribution >= 4 is 18.3 Å². The topological polar surface area (TPSA) is 41.1 Å². The first-order chi connectivity index (χ1) is 7.80. The molecule has 0 aliphatic carbocycles. The summed E-state index contributed by atoms with van der Waals surface area (Å²) in [5, 5.41) is 6.54. The first-order valence-electron chi connectivity index (χ1n) is 6.80. The highest BCUT2D eigenvalue weighted by atomic mass is 35.5. The molecule has 0 spiro atoms. The summed E-state index contributed by atoms with van der Waals surface area (Å²) in [6, 6.07) is 0.357. The van der Waals surface area contributed by atoms with Crippen LogP contribution < -0.4 is 10.6 Å². The molecule has 4 heteroatoms. The van der Waals surface area contributed by atoms with Gasteiger partial charge in [0, 0.05) is 12.5 Å². The molecule has 0 aromatic rings. The maximum Gasteiger partial charge on any atom is 0.220 e. The van der Waals surface area contributed by atoms with E-state index in [1.165, 1.54) is 0 Å². The summed E-state index contributed by atoms with van der Waals surface area (Å²) in [6.45, 7) is 13.0. The lowest BCUT2D eigenvalue weighted by atomic mass is 9.80. The summed E-state index contributed by atoms with van der Waals surface area (Å²) in [6.07, 6.45) is 1.69. The highest BCUT2D eigenvalue weighted by Gasteiger charge is 2.26. The maximum absolute atomic E-state index is 12.0. The minimum atomic E-state index is 0. The van der Waals surface area contributed by atoms with Crippen molar-refractivity contribution in [3.63, 3.8) is 0 Å². The number of carbonyl (C=O) groups excluding carboxylic acids is 1. The lowest BCUT2D eigenvalue weighted by Crippen LogP contribution is -2.48. The molecule has 0 bridgehead atoms. The van der Waals surface area contributed by atoms with E-state index in [2.05, 4.69) is 45.3 Å². The van der Waals surface area contributed by atoms with Crippen LogP contribution in [0.15, 0.2) is 0 Å². The Labute approximate surface area is 118 Å². The van der Waals surface area contributed by atoms with Crippen molar-refractivity contribution in [3.05, 3.63) is 0 Å². The molecule has 1 rings (SSSR count). The van der Waals surface area contributed by atoms with Crippen LogP contribution in [0.2, 0.25) is 0 Å². The predicted octanol–water partition coefficient (Wildman–Crippen LogP) is 2.59. The van der Waals surface area contributed by atoms with Crippen molar-refractivity contribution in [1.82, 2.24) is 10.6 Å². The van der Waals surface area contributed by atoms with E-state index in [1.807, 2.05) is 0 Å². The Balaban J connectivity index is 0.00000289. The molecule has 0 aromatic heterocycles. The second kappa shape index (κ2) is 7.34. The highest BCUT2D eigenvalue weighted by molar-refractivity contribution is 5.85. The van der Waals surface area contributed by atoms with Gasteiger partial charge in [0.25, 0.3) is 0 Å². The van der Waals surface area contributed by atoms with Crippen molar-refractivity contribution in [1.29, 1.82) is 0 Å². The van der Waals surface area contributed by atoms with Crippen LogP contribution in [-0.4, -0.2) is 25.0 Å². The number of piperidine rings is 1. The Morgan fingerprint density at radius 3 is 2.56 bits per heavy atom. The third kappa shape index (κ3) is 5.57. The molecule has 1 fully saturated rings. The third-order valence-electron chi connectivity index (χ3n) is 4.10. The third-order valence-corrected chi connectivity index (χ3v) is 4.10. The van der Waals surface area contributed by atoms with E-state index in [-0.39, 0.29) is 23.7 Å². The van der Waals surface area contributed by atoms with Gasteiger partial charge in [0.05, 0.1) is 0 Å². The van der Waals surface area contributed by atoms with E-state index in [0.29, 0.717) is 24.3 Å². The Morgan fingerprint density at radius 1 is 1.44 bits per heavy atom. The largest absolute Gasteiger partial charge is 0.353 e. The molecule has 0 saturated carbocycles. The van der Waals surface area contributed by atoms with Gasteiger partial charge in [-0.2, -0.15) is 0 Å². The summed E-state index contributed by atoms with van der Waals surface area (Å²) in [5.74, 6) is 1.17. The lowest BCUT2D eigenvalue weighted by Gasteiger charge is -2.32. The van der Waals surface area contributed by atoms with Gasteiger partial charge in [-0.3, -0.25) is 4.79 Å². The molecule has 1 amide bonds. The Hall–Kier alpha value is -0.280. The Kier molecular flexibility index (Phi) is 7.23. The van der Waals surface area contributed by atoms with Gasteiger partial charge < -0.3 is 10.6 Å². The maximum atomic E-state index is 12.0. The number of hydrogen-bond donors (Lipinski definition) is 2. The minimum Gasteiger partial charge on any atom is -0.353 e. The normalized spacial score (nSPS) is 26.1. The van der Waals surface area contributed by atoms with Crippen molar-refractivity contribution in [2.75, 3.05) is 13.1 Å². The molecule has 18 heavy (non-hydrogen) atoms. The van der Waals surface area contributed by atoms with Gasteiger partial charge in [-0.25, -0.2) is 0 Å². The molecule has 1 saturated heterocycles. The molecular weight excluding hydrogens is 248 g/mol. The molecule has 1 aliphatic heterocycles. The smallest absolute Gasteiger partial charge is 0.220 e. The molecule has 0 aromatic carbocycles. The zero-order valence-electron chi connectivity index (χ0n) is 12.4. The fourth-order valence-electron chi connectivity index (χ4n) is 2.08. The number of carbonyl (C=O) groups is 1. The Morgan fingerprint density at radius 2 is 2.06 bits per heavy atom.